The number of likely N-dealkylation sites (tertiary alicyclic amines) is 1. The molecular weight excluding hydrogens is 339 g/mol. The highest BCUT2D eigenvalue weighted by Crippen LogP contribution is 2.31. The van der Waals surface area contributed by atoms with Crippen molar-refractivity contribution in [2.75, 3.05) is 20.2 Å². The smallest absolute Gasteiger partial charge is 0.416 e. The van der Waals surface area contributed by atoms with Gasteiger partial charge in [0.15, 0.2) is 0 Å². The summed E-state index contributed by atoms with van der Waals surface area (Å²) >= 11 is 0. The fraction of sp³-hybridized carbons (Fsp3) is 0.312. The first kappa shape index (κ1) is 17.0. The minimum absolute atomic E-state index is 0.120. The van der Waals surface area contributed by atoms with Crippen LogP contribution < -0.4 is 9.47 Å². The fourth-order valence-corrected chi connectivity index (χ4v) is 2.39. The maximum atomic E-state index is 12.7. The normalized spacial score (nSPS) is 14.8. The molecule has 2 aromatic heterocycles. The van der Waals surface area contributed by atoms with E-state index in [1.54, 1.807) is 12.1 Å². The molecular formula is C16H14F3N3O3. The molecule has 0 spiro atoms. The van der Waals surface area contributed by atoms with Gasteiger partial charge >= 0.3 is 6.18 Å². The highest BCUT2D eigenvalue weighted by molar-refractivity contribution is 5.96. The van der Waals surface area contributed by atoms with Crippen LogP contribution in [0.15, 0.2) is 36.7 Å². The number of hydrogen-bond donors (Lipinski definition) is 0. The van der Waals surface area contributed by atoms with E-state index in [9.17, 15) is 18.0 Å². The van der Waals surface area contributed by atoms with E-state index in [2.05, 4.69) is 9.97 Å². The number of hydrogen-bond acceptors (Lipinski definition) is 5. The van der Waals surface area contributed by atoms with E-state index in [-0.39, 0.29) is 30.8 Å². The summed E-state index contributed by atoms with van der Waals surface area (Å²) in [5.74, 6) is -0.177. The van der Waals surface area contributed by atoms with Crippen molar-refractivity contribution in [3.05, 3.63) is 47.8 Å². The van der Waals surface area contributed by atoms with Crippen LogP contribution in [0.4, 0.5) is 13.2 Å². The van der Waals surface area contributed by atoms with Gasteiger partial charge in [-0.2, -0.15) is 13.2 Å². The summed E-state index contributed by atoms with van der Waals surface area (Å²) in [7, 11) is 1.42. The zero-order valence-electron chi connectivity index (χ0n) is 13.2. The van der Waals surface area contributed by atoms with Crippen LogP contribution in [-0.2, 0) is 6.18 Å². The molecule has 0 aliphatic carbocycles. The molecule has 0 unspecified atom stereocenters. The predicted molar refractivity (Wildman–Crippen MR) is 80.3 cm³/mol. The lowest BCUT2D eigenvalue weighted by Gasteiger charge is -2.38. The summed E-state index contributed by atoms with van der Waals surface area (Å²) in [4.78, 5) is 21.6. The lowest BCUT2D eigenvalue weighted by molar-refractivity contribution is -0.137. The molecule has 0 saturated carbocycles. The van der Waals surface area contributed by atoms with E-state index in [0.29, 0.717) is 5.56 Å². The first-order chi connectivity index (χ1) is 11.9. The van der Waals surface area contributed by atoms with Gasteiger partial charge in [-0.15, -0.1) is 0 Å². The summed E-state index contributed by atoms with van der Waals surface area (Å²) in [5.41, 5.74) is -0.509. The molecule has 0 N–H and O–H groups in total. The van der Waals surface area contributed by atoms with Crippen LogP contribution in [0.5, 0.6) is 11.8 Å². The van der Waals surface area contributed by atoms with Gasteiger partial charge in [0, 0.05) is 18.5 Å². The third-order valence-electron chi connectivity index (χ3n) is 3.68. The Morgan fingerprint density at radius 2 is 2.00 bits per heavy atom. The molecule has 0 bridgehead atoms. The second-order valence-corrected chi connectivity index (χ2v) is 5.39. The molecule has 1 aliphatic rings. The Bertz CT molecular complexity index is 776. The minimum Gasteiger partial charge on any atom is -0.480 e. The molecule has 3 heterocycles. The Morgan fingerprint density at radius 3 is 2.68 bits per heavy atom. The van der Waals surface area contributed by atoms with E-state index >= 15 is 0 Å². The summed E-state index contributed by atoms with van der Waals surface area (Å²) < 4.78 is 48.5. The van der Waals surface area contributed by atoms with Crippen LogP contribution in [0.3, 0.4) is 0 Å². The fourth-order valence-electron chi connectivity index (χ4n) is 2.39. The van der Waals surface area contributed by atoms with E-state index in [1.165, 1.54) is 18.2 Å². The number of aromatic nitrogens is 2. The van der Waals surface area contributed by atoms with Crippen LogP contribution in [0.1, 0.15) is 15.9 Å². The monoisotopic (exact) mass is 353 g/mol. The van der Waals surface area contributed by atoms with Crippen LogP contribution in [0.25, 0.3) is 0 Å². The van der Waals surface area contributed by atoms with Crippen molar-refractivity contribution in [2.24, 2.45) is 0 Å². The van der Waals surface area contributed by atoms with Crippen molar-refractivity contribution >= 4 is 5.91 Å². The third kappa shape index (κ3) is 3.65. The zero-order valence-corrected chi connectivity index (χ0v) is 13.2. The van der Waals surface area contributed by atoms with Crippen molar-refractivity contribution in [1.29, 1.82) is 0 Å². The highest BCUT2D eigenvalue weighted by atomic mass is 19.4. The second kappa shape index (κ2) is 6.58. The zero-order chi connectivity index (χ0) is 18.0. The molecule has 3 rings (SSSR count). The first-order valence-corrected chi connectivity index (χ1v) is 7.36. The molecule has 132 valence electrons. The Kier molecular flexibility index (Phi) is 4.47. The van der Waals surface area contributed by atoms with Gasteiger partial charge in [-0.1, -0.05) is 0 Å². The van der Waals surface area contributed by atoms with E-state index in [0.717, 1.165) is 18.3 Å². The SMILES string of the molecule is COc1ncccc1C(=O)N1CC(Oc2cc(C(F)(F)F)ccn2)C1. The molecule has 9 heteroatoms. The van der Waals surface area contributed by atoms with Gasteiger partial charge in [0.05, 0.1) is 25.8 Å². The molecule has 2 aromatic rings. The maximum absolute atomic E-state index is 12.7. The van der Waals surface area contributed by atoms with Gasteiger partial charge in [-0.05, 0) is 18.2 Å². The average molecular weight is 353 g/mol. The quantitative estimate of drug-likeness (QED) is 0.845. The number of amides is 1. The molecule has 1 saturated heterocycles. The largest absolute Gasteiger partial charge is 0.480 e. The number of rotatable bonds is 4. The van der Waals surface area contributed by atoms with Crippen LogP contribution >= 0.6 is 0 Å². The summed E-state index contributed by atoms with van der Waals surface area (Å²) in [6.07, 6.45) is -2.32. The Labute approximate surface area is 141 Å². The van der Waals surface area contributed by atoms with E-state index in [4.69, 9.17) is 9.47 Å². The lowest BCUT2D eigenvalue weighted by Crippen LogP contribution is -2.56. The topological polar surface area (TPSA) is 64.5 Å². The lowest BCUT2D eigenvalue weighted by atomic mass is 10.1. The minimum atomic E-state index is -4.46. The standard InChI is InChI=1S/C16H14F3N3O3/c1-24-14-12(3-2-5-21-14)15(23)22-8-11(9-22)25-13-7-10(4-6-20-13)16(17,18)19/h2-7,11H,8-9H2,1H3. The number of alkyl halides is 3. The van der Waals surface area contributed by atoms with Crippen molar-refractivity contribution in [3.8, 4) is 11.8 Å². The predicted octanol–water partition coefficient (Wildman–Crippen LogP) is 2.41. The number of carbonyl (C=O) groups is 1. The third-order valence-corrected chi connectivity index (χ3v) is 3.68. The van der Waals surface area contributed by atoms with Crippen molar-refractivity contribution < 1.29 is 27.4 Å². The number of methoxy groups -OCH3 is 1. The average Bonchev–Trinajstić information content (AvgIpc) is 2.56. The van der Waals surface area contributed by atoms with Gasteiger partial charge < -0.3 is 14.4 Å². The second-order valence-electron chi connectivity index (χ2n) is 5.39. The van der Waals surface area contributed by atoms with Crippen molar-refractivity contribution in [1.82, 2.24) is 14.9 Å². The van der Waals surface area contributed by atoms with Gasteiger partial charge in [0.2, 0.25) is 11.8 Å². The van der Waals surface area contributed by atoms with Crippen LogP contribution in [0, 0.1) is 0 Å². The summed E-state index contributed by atoms with van der Waals surface area (Å²) in [6, 6.07) is 4.93. The number of carbonyl (C=O) groups excluding carboxylic acids is 1. The highest BCUT2D eigenvalue weighted by Gasteiger charge is 2.35. The molecule has 6 nitrogen and oxygen atoms in total. The first-order valence-electron chi connectivity index (χ1n) is 7.36. The Hall–Kier alpha value is -2.84. The van der Waals surface area contributed by atoms with E-state index < -0.39 is 17.8 Å². The molecule has 1 aliphatic heterocycles. The molecule has 0 aromatic carbocycles. The molecule has 1 fully saturated rings. The number of halogens is 3. The molecule has 1 amide bonds. The number of pyridine rings is 2. The van der Waals surface area contributed by atoms with Crippen LogP contribution in [0.2, 0.25) is 0 Å². The summed E-state index contributed by atoms with van der Waals surface area (Å²) in [5, 5.41) is 0. The van der Waals surface area contributed by atoms with Gasteiger partial charge in [0.1, 0.15) is 11.7 Å². The Balaban J connectivity index is 1.61. The number of nitrogens with zero attached hydrogens (tertiary/aromatic N) is 3. The number of ether oxygens (including phenoxy) is 2. The summed E-state index contributed by atoms with van der Waals surface area (Å²) in [6.45, 7) is 0.490. The Morgan fingerprint density at radius 1 is 1.24 bits per heavy atom. The van der Waals surface area contributed by atoms with Crippen LogP contribution in [-0.4, -0.2) is 47.1 Å². The molecule has 0 radical (unpaired) electrons. The maximum Gasteiger partial charge on any atom is 0.416 e. The van der Waals surface area contributed by atoms with E-state index in [1.807, 2.05) is 0 Å². The molecule has 25 heavy (non-hydrogen) atoms. The molecule has 0 atom stereocenters. The van der Waals surface area contributed by atoms with Crippen molar-refractivity contribution in [3.63, 3.8) is 0 Å². The van der Waals surface area contributed by atoms with Gasteiger partial charge in [-0.3, -0.25) is 4.79 Å². The van der Waals surface area contributed by atoms with Gasteiger partial charge in [0.25, 0.3) is 5.91 Å². The van der Waals surface area contributed by atoms with Crippen molar-refractivity contribution in [2.45, 2.75) is 12.3 Å². The van der Waals surface area contributed by atoms with Gasteiger partial charge in [-0.25, -0.2) is 9.97 Å².